The van der Waals surface area contributed by atoms with Gasteiger partial charge in [-0.1, -0.05) is 42.5 Å². The van der Waals surface area contributed by atoms with Crippen LogP contribution in [0.3, 0.4) is 0 Å². The van der Waals surface area contributed by atoms with E-state index in [4.69, 9.17) is 0 Å². The average Bonchev–Trinajstić information content (AvgIpc) is 2.49. The van der Waals surface area contributed by atoms with E-state index < -0.39 is 5.92 Å². The molecule has 0 spiro atoms. The topological polar surface area (TPSA) is 56.1 Å². The summed E-state index contributed by atoms with van der Waals surface area (Å²) in [6, 6.07) is 18.6. The maximum atomic E-state index is 12.4. The molecule has 0 saturated heterocycles. The van der Waals surface area contributed by atoms with Crippen molar-refractivity contribution >= 4 is 17.3 Å². The molecule has 0 aliphatic rings. The van der Waals surface area contributed by atoms with Gasteiger partial charge in [0.05, 0.1) is 17.4 Å². The summed E-state index contributed by atoms with van der Waals surface area (Å²) in [7, 11) is 3.81. The van der Waals surface area contributed by atoms with Crippen LogP contribution >= 0.6 is 0 Å². The molecule has 2 aromatic rings. The Morgan fingerprint density at radius 1 is 1.10 bits per heavy atom. The fraction of sp³-hybridized carbons (Fsp3) is 0.176. The SMILES string of the molecule is CN(C)c1ccccc1NC(=O)C(C#N)c1ccccc1. The van der Waals surface area contributed by atoms with Gasteiger partial charge in [-0.2, -0.15) is 5.26 Å². The van der Waals surface area contributed by atoms with Crippen LogP contribution in [0.4, 0.5) is 11.4 Å². The van der Waals surface area contributed by atoms with Crippen molar-refractivity contribution in [3.63, 3.8) is 0 Å². The van der Waals surface area contributed by atoms with Crippen LogP contribution in [-0.2, 0) is 4.79 Å². The molecule has 21 heavy (non-hydrogen) atoms. The van der Waals surface area contributed by atoms with Crippen molar-refractivity contribution in [2.24, 2.45) is 0 Å². The molecule has 0 bridgehead atoms. The minimum atomic E-state index is -0.818. The number of nitrogens with zero attached hydrogens (tertiary/aromatic N) is 2. The first-order valence-corrected chi connectivity index (χ1v) is 6.65. The molecule has 0 heterocycles. The van der Waals surface area contributed by atoms with E-state index in [-0.39, 0.29) is 5.91 Å². The lowest BCUT2D eigenvalue weighted by atomic mass is 10.00. The number of para-hydroxylation sites is 2. The average molecular weight is 279 g/mol. The summed E-state index contributed by atoms with van der Waals surface area (Å²) in [5.41, 5.74) is 2.29. The zero-order valence-electron chi connectivity index (χ0n) is 12.1. The number of hydrogen-bond donors (Lipinski definition) is 1. The standard InChI is InChI=1S/C17H17N3O/c1-20(2)16-11-7-6-10-15(16)19-17(21)14(12-18)13-8-4-3-5-9-13/h3-11,14H,1-2H3,(H,19,21). The van der Waals surface area contributed by atoms with Crippen molar-refractivity contribution in [2.45, 2.75) is 5.92 Å². The molecule has 4 nitrogen and oxygen atoms in total. The molecule has 0 aliphatic heterocycles. The van der Waals surface area contributed by atoms with E-state index in [9.17, 15) is 10.1 Å². The Morgan fingerprint density at radius 2 is 1.71 bits per heavy atom. The van der Waals surface area contributed by atoms with Crippen molar-refractivity contribution < 1.29 is 4.79 Å². The molecule has 1 atom stereocenters. The summed E-state index contributed by atoms with van der Waals surface area (Å²) in [4.78, 5) is 14.3. The number of nitrogens with one attached hydrogen (secondary N) is 1. The van der Waals surface area contributed by atoms with Gasteiger partial charge in [-0.25, -0.2) is 0 Å². The van der Waals surface area contributed by atoms with Crippen LogP contribution in [0, 0.1) is 11.3 Å². The fourth-order valence-electron chi connectivity index (χ4n) is 2.10. The highest BCUT2D eigenvalue weighted by atomic mass is 16.1. The molecule has 4 heteroatoms. The Hall–Kier alpha value is -2.80. The summed E-state index contributed by atoms with van der Waals surface area (Å²) >= 11 is 0. The molecule has 1 amide bonds. The first-order chi connectivity index (χ1) is 10.1. The Kier molecular flexibility index (Phi) is 4.57. The second kappa shape index (κ2) is 6.58. The zero-order valence-corrected chi connectivity index (χ0v) is 12.1. The predicted octanol–water partition coefficient (Wildman–Crippen LogP) is 3.00. The Labute approximate surface area is 124 Å². The van der Waals surface area contributed by atoms with E-state index >= 15 is 0 Å². The molecular formula is C17H17N3O. The van der Waals surface area contributed by atoms with E-state index in [1.54, 1.807) is 12.1 Å². The maximum absolute atomic E-state index is 12.4. The van der Waals surface area contributed by atoms with E-state index in [0.29, 0.717) is 11.3 Å². The molecule has 106 valence electrons. The predicted molar refractivity (Wildman–Crippen MR) is 84.2 cm³/mol. The molecular weight excluding hydrogens is 262 g/mol. The lowest BCUT2D eigenvalue weighted by molar-refractivity contribution is -0.116. The minimum absolute atomic E-state index is 0.321. The summed E-state index contributed by atoms with van der Waals surface area (Å²) in [6.45, 7) is 0. The quantitative estimate of drug-likeness (QED) is 0.936. The van der Waals surface area contributed by atoms with Crippen LogP contribution in [0.15, 0.2) is 54.6 Å². The van der Waals surface area contributed by atoms with Gasteiger partial charge in [0, 0.05) is 14.1 Å². The van der Waals surface area contributed by atoms with Crippen LogP contribution in [0.2, 0.25) is 0 Å². The molecule has 0 aliphatic carbocycles. The van der Waals surface area contributed by atoms with Gasteiger partial charge in [0.1, 0.15) is 0 Å². The summed E-state index contributed by atoms with van der Waals surface area (Å²) in [5.74, 6) is -1.14. The summed E-state index contributed by atoms with van der Waals surface area (Å²) in [5, 5.41) is 12.1. The van der Waals surface area contributed by atoms with Gasteiger partial charge < -0.3 is 10.2 Å². The number of benzene rings is 2. The largest absolute Gasteiger partial charge is 0.376 e. The number of hydrogen-bond acceptors (Lipinski definition) is 3. The van der Waals surface area contributed by atoms with Gasteiger partial charge in [-0.05, 0) is 17.7 Å². The van der Waals surface area contributed by atoms with Crippen molar-refractivity contribution in [3.8, 4) is 6.07 Å². The van der Waals surface area contributed by atoms with Crippen LogP contribution in [0.25, 0.3) is 0 Å². The van der Waals surface area contributed by atoms with Crippen LogP contribution in [0.1, 0.15) is 11.5 Å². The van der Waals surface area contributed by atoms with Gasteiger partial charge >= 0.3 is 0 Å². The molecule has 0 aromatic heterocycles. The van der Waals surface area contributed by atoms with E-state index in [1.807, 2.05) is 61.5 Å². The summed E-state index contributed by atoms with van der Waals surface area (Å²) in [6.07, 6.45) is 0. The molecule has 2 rings (SSSR count). The first-order valence-electron chi connectivity index (χ1n) is 6.65. The maximum Gasteiger partial charge on any atom is 0.246 e. The third kappa shape index (κ3) is 3.40. The van der Waals surface area contributed by atoms with Gasteiger partial charge in [-0.3, -0.25) is 4.79 Å². The Bertz CT molecular complexity index is 659. The number of carbonyl (C=O) groups excluding carboxylic acids is 1. The van der Waals surface area contributed by atoms with Crippen molar-refractivity contribution in [2.75, 3.05) is 24.3 Å². The molecule has 0 fully saturated rings. The van der Waals surface area contributed by atoms with Crippen LogP contribution in [-0.4, -0.2) is 20.0 Å². The monoisotopic (exact) mass is 279 g/mol. The molecule has 2 aromatic carbocycles. The second-order valence-corrected chi connectivity index (χ2v) is 4.87. The van der Waals surface area contributed by atoms with Gasteiger partial charge in [0.2, 0.25) is 5.91 Å². The first kappa shape index (κ1) is 14.6. The number of rotatable bonds is 4. The summed E-state index contributed by atoms with van der Waals surface area (Å²) < 4.78 is 0. The van der Waals surface area contributed by atoms with E-state index in [1.165, 1.54) is 0 Å². The number of carbonyl (C=O) groups is 1. The highest BCUT2D eigenvalue weighted by Crippen LogP contribution is 2.25. The highest BCUT2D eigenvalue weighted by Gasteiger charge is 2.20. The minimum Gasteiger partial charge on any atom is -0.376 e. The van der Waals surface area contributed by atoms with Gasteiger partial charge in [0.25, 0.3) is 0 Å². The van der Waals surface area contributed by atoms with Crippen molar-refractivity contribution in [1.82, 2.24) is 0 Å². The fourth-order valence-corrected chi connectivity index (χ4v) is 2.10. The second-order valence-electron chi connectivity index (χ2n) is 4.87. The van der Waals surface area contributed by atoms with E-state index in [0.717, 1.165) is 5.69 Å². The molecule has 1 unspecified atom stereocenters. The third-order valence-electron chi connectivity index (χ3n) is 3.17. The van der Waals surface area contributed by atoms with Gasteiger partial charge in [-0.15, -0.1) is 0 Å². The van der Waals surface area contributed by atoms with Gasteiger partial charge in [0.15, 0.2) is 5.92 Å². The highest BCUT2D eigenvalue weighted by molar-refractivity contribution is 6.00. The number of amides is 1. The number of anilines is 2. The zero-order chi connectivity index (χ0) is 15.2. The lowest BCUT2D eigenvalue weighted by Gasteiger charge is -2.18. The lowest BCUT2D eigenvalue weighted by Crippen LogP contribution is -2.21. The van der Waals surface area contributed by atoms with E-state index in [2.05, 4.69) is 11.4 Å². The Balaban J connectivity index is 2.24. The van der Waals surface area contributed by atoms with Crippen LogP contribution in [0.5, 0.6) is 0 Å². The third-order valence-corrected chi connectivity index (χ3v) is 3.17. The Morgan fingerprint density at radius 3 is 2.33 bits per heavy atom. The van der Waals surface area contributed by atoms with Crippen LogP contribution < -0.4 is 10.2 Å². The number of nitriles is 1. The molecule has 0 saturated carbocycles. The van der Waals surface area contributed by atoms with Crippen molar-refractivity contribution in [1.29, 1.82) is 5.26 Å². The molecule has 0 radical (unpaired) electrons. The van der Waals surface area contributed by atoms with Crippen molar-refractivity contribution in [3.05, 3.63) is 60.2 Å². The smallest absolute Gasteiger partial charge is 0.246 e. The normalized spacial score (nSPS) is 11.3. The molecule has 1 N–H and O–H groups in total.